The summed E-state index contributed by atoms with van der Waals surface area (Å²) in [5.74, 6) is 0.302. The van der Waals surface area contributed by atoms with Crippen molar-refractivity contribution in [1.82, 2.24) is 15.6 Å². The van der Waals surface area contributed by atoms with Gasteiger partial charge < -0.3 is 15.4 Å². The molecule has 0 aliphatic heterocycles. The molecule has 2 N–H and O–H groups in total. The van der Waals surface area contributed by atoms with E-state index >= 15 is 0 Å². The minimum atomic E-state index is -0.341. The number of nitrogens with one attached hydrogen (secondary N) is 2. The SMILES string of the molecule is CCN=C(NC(C)c1nc(C)c(C(=O)OCC)s1)NC1CC1c1ccccc1F. The van der Waals surface area contributed by atoms with Gasteiger partial charge in [0.05, 0.1) is 18.3 Å². The molecule has 0 saturated heterocycles. The predicted octanol–water partition coefficient (Wildman–Crippen LogP) is 3.94. The highest BCUT2D eigenvalue weighted by Crippen LogP contribution is 2.41. The number of guanidine groups is 1. The Bertz CT molecular complexity index is 899. The van der Waals surface area contributed by atoms with E-state index in [0.717, 1.165) is 17.0 Å². The van der Waals surface area contributed by atoms with E-state index in [1.54, 1.807) is 13.0 Å². The lowest BCUT2D eigenvalue weighted by atomic mass is 10.1. The molecule has 0 spiro atoms. The summed E-state index contributed by atoms with van der Waals surface area (Å²) in [6, 6.07) is 6.91. The highest BCUT2D eigenvalue weighted by molar-refractivity contribution is 7.13. The van der Waals surface area contributed by atoms with Crippen molar-refractivity contribution in [2.24, 2.45) is 4.99 Å². The van der Waals surface area contributed by atoms with Gasteiger partial charge in [0.1, 0.15) is 15.7 Å². The second-order valence-corrected chi connectivity index (χ2v) is 8.02. The number of thiazole rings is 1. The van der Waals surface area contributed by atoms with Crippen LogP contribution in [-0.4, -0.2) is 36.1 Å². The van der Waals surface area contributed by atoms with Crippen LogP contribution in [0.5, 0.6) is 0 Å². The lowest BCUT2D eigenvalue weighted by Gasteiger charge is -2.17. The van der Waals surface area contributed by atoms with E-state index in [-0.39, 0.29) is 29.8 Å². The fourth-order valence-corrected chi connectivity index (χ4v) is 4.16. The van der Waals surface area contributed by atoms with Gasteiger partial charge in [-0.05, 0) is 45.7 Å². The Labute approximate surface area is 174 Å². The first-order chi connectivity index (χ1) is 13.9. The first-order valence-corrected chi connectivity index (χ1v) is 10.7. The first-order valence-electron chi connectivity index (χ1n) is 9.90. The van der Waals surface area contributed by atoms with Crippen LogP contribution in [0.15, 0.2) is 29.3 Å². The van der Waals surface area contributed by atoms with Gasteiger partial charge >= 0.3 is 5.97 Å². The third-order valence-electron chi connectivity index (χ3n) is 4.73. The normalized spacial score (nSPS) is 19.6. The van der Waals surface area contributed by atoms with E-state index in [9.17, 15) is 9.18 Å². The number of rotatable bonds is 7. The van der Waals surface area contributed by atoms with Crippen molar-refractivity contribution in [3.8, 4) is 0 Å². The number of carbonyl (C=O) groups is 1. The van der Waals surface area contributed by atoms with Crippen LogP contribution in [0.3, 0.4) is 0 Å². The number of aliphatic imine (C=N–C) groups is 1. The van der Waals surface area contributed by atoms with Crippen LogP contribution in [0.4, 0.5) is 4.39 Å². The van der Waals surface area contributed by atoms with E-state index in [1.165, 1.54) is 17.4 Å². The maximum atomic E-state index is 14.0. The van der Waals surface area contributed by atoms with Gasteiger partial charge in [0.15, 0.2) is 5.96 Å². The molecule has 3 unspecified atom stereocenters. The molecular weight excluding hydrogens is 391 g/mol. The standard InChI is InChI=1S/C21H27FN4O2S/c1-5-23-21(26-17-11-15(17)14-9-7-8-10-16(14)22)25-13(4)19-24-12(3)18(29-19)20(27)28-6-2/h7-10,13,15,17H,5-6,11H2,1-4H3,(H2,23,25,26). The molecule has 8 heteroatoms. The summed E-state index contributed by atoms with van der Waals surface area (Å²) in [4.78, 5) is 21.6. The molecule has 1 fully saturated rings. The third-order valence-corrected chi connectivity index (χ3v) is 6.05. The molecule has 1 aromatic carbocycles. The Morgan fingerprint density at radius 1 is 1.41 bits per heavy atom. The molecule has 1 aliphatic carbocycles. The van der Waals surface area contributed by atoms with Gasteiger partial charge in [0.2, 0.25) is 0 Å². The maximum Gasteiger partial charge on any atom is 0.350 e. The fraction of sp³-hybridized carbons (Fsp3) is 0.476. The zero-order valence-corrected chi connectivity index (χ0v) is 18.0. The van der Waals surface area contributed by atoms with Gasteiger partial charge in [-0.15, -0.1) is 11.3 Å². The molecule has 1 heterocycles. The molecule has 1 aromatic heterocycles. The smallest absolute Gasteiger partial charge is 0.350 e. The minimum Gasteiger partial charge on any atom is -0.462 e. The lowest BCUT2D eigenvalue weighted by Crippen LogP contribution is -2.40. The molecule has 0 bridgehead atoms. The molecule has 29 heavy (non-hydrogen) atoms. The fourth-order valence-electron chi connectivity index (χ4n) is 3.20. The number of hydrogen-bond acceptors (Lipinski definition) is 5. The summed E-state index contributed by atoms with van der Waals surface area (Å²) < 4.78 is 19.1. The average molecular weight is 419 g/mol. The molecule has 1 saturated carbocycles. The third kappa shape index (κ3) is 5.12. The largest absolute Gasteiger partial charge is 0.462 e. The van der Waals surface area contributed by atoms with Crippen molar-refractivity contribution in [3.63, 3.8) is 0 Å². The second kappa shape index (κ2) is 9.35. The van der Waals surface area contributed by atoms with Gasteiger partial charge in [-0.1, -0.05) is 18.2 Å². The van der Waals surface area contributed by atoms with Gasteiger partial charge in [0, 0.05) is 18.5 Å². The van der Waals surface area contributed by atoms with Crippen molar-refractivity contribution in [1.29, 1.82) is 0 Å². The summed E-state index contributed by atoms with van der Waals surface area (Å²) >= 11 is 1.33. The van der Waals surface area contributed by atoms with Crippen molar-refractivity contribution in [3.05, 3.63) is 51.2 Å². The van der Waals surface area contributed by atoms with E-state index < -0.39 is 0 Å². The topological polar surface area (TPSA) is 75.6 Å². The monoisotopic (exact) mass is 418 g/mol. The van der Waals surface area contributed by atoms with Crippen LogP contribution in [0.25, 0.3) is 0 Å². The number of halogens is 1. The summed E-state index contributed by atoms with van der Waals surface area (Å²) in [6.07, 6.45) is 0.864. The Morgan fingerprint density at radius 2 is 2.17 bits per heavy atom. The number of ether oxygens (including phenoxy) is 1. The molecule has 3 atom stereocenters. The van der Waals surface area contributed by atoms with Crippen LogP contribution in [0.2, 0.25) is 0 Å². The lowest BCUT2D eigenvalue weighted by molar-refractivity contribution is 0.0531. The molecule has 1 aliphatic rings. The first kappa shape index (κ1) is 21.2. The Morgan fingerprint density at radius 3 is 2.86 bits per heavy atom. The number of benzene rings is 1. The Hall–Kier alpha value is -2.48. The quantitative estimate of drug-likeness (QED) is 0.405. The van der Waals surface area contributed by atoms with Gasteiger partial charge in [0.25, 0.3) is 0 Å². The molecule has 3 rings (SSSR count). The highest BCUT2D eigenvalue weighted by Gasteiger charge is 2.40. The summed E-state index contributed by atoms with van der Waals surface area (Å²) in [6.45, 7) is 8.47. The second-order valence-electron chi connectivity index (χ2n) is 6.99. The van der Waals surface area contributed by atoms with E-state index in [1.807, 2.05) is 32.9 Å². The van der Waals surface area contributed by atoms with E-state index in [0.29, 0.717) is 29.7 Å². The number of esters is 1. The zero-order chi connectivity index (χ0) is 21.0. The van der Waals surface area contributed by atoms with Crippen molar-refractivity contribution in [2.45, 2.75) is 52.1 Å². The van der Waals surface area contributed by atoms with Crippen molar-refractivity contribution < 1.29 is 13.9 Å². The molecular formula is C21H27FN4O2S. The predicted molar refractivity (Wildman–Crippen MR) is 113 cm³/mol. The van der Waals surface area contributed by atoms with Crippen molar-refractivity contribution in [2.75, 3.05) is 13.2 Å². The Balaban J connectivity index is 1.64. The zero-order valence-electron chi connectivity index (χ0n) is 17.2. The average Bonchev–Trinajstić information content (AvgIpc) is 3.32. The number of hydrogen-bond donors (Lipinski definition) is 2. The van der Waals surface area contributed by atoms with Gasteiger partial charge in [-0.2, -0.15) is 0 Å². The molecule has 2 aromatic rings. The van der Waals surface area contributed by atoms with Gasteiger partial charge in [-0.25, -0.2) is 14.2 Å². The summed E-state index contributed by atoms with van der Waals surface area (Å²) in [5, 5.41) is 7.52. The van der Waals surface area contributed by atoms with Gasteiger partial charge in [-0.3, -0.25) is 4.99 Å². The maximum absolute atomic E-state index is 14.0. The highest BCUT2D eigenvalue weighted by atomic mass is 32.1. The summed E-state index contributed by atoms with van der Waals surface area (Å²) in [5.41, 5.74) is 1.41. The number of nitrogens with zero attached hydrogens (tertiary/aromatic N) is 2. The van der Waals surface area contributed by atoms with Crippen molar-refractivity contribution >= 4 is 23.3 Å². The molecule has 0 radical (unpaired) electrons. The number of aromatic nitrogens is 1. The molecule has 6 nitrogen and oxygen atoms in total. The number of carbonyl (C=O) groups excluding carboxylic acids is 1. The van der Waals surface area contributed by atoms with Crippen LogP contribution >= 0.6 is 11.3 Å². The van der Waals surface area contributed by atoms with E-state index in [2.05, 4.69) is 20.6 Å². The van der Waals surface area contributed by atoms with Crippen LogP contribution < -0.4 is 10.6 Å². The van der Waals surface area contributed by atoms with Crippen LogP contribution in [0, 0.1) is 12.7 Å². The van der Waals surface area contributed by atoms with E-state index in [4.69, 9.17) is 4.74 Å². The number of aryl methyl sites for hydroxylation is 1. The van der Waals surface area contributed by atoms with Crippen LogP contribution in [0.1, 0.15) is 65.1 Å². The minimum absolute atomic E-state index is 0.134. The molecule has 156 valence electrons. The molecule has 0 amide bonds. The summed E-state index contributed by atoms with van der Waals surface area (Å²) in [7, 11) is 0. The Kier molecular flexibility index (Phi) is 6.84. The van der Waals surface area contributed by atoms with Crippen LogP contribution in [-0.2, 0) is 4.74 Å².